The summed E-state index contributed by atoms with van der Waals surface area (Å²) in [5, 5.41) is 3.09. The minimum Gasteiger partial charge on any atom is -0.369 e. The van der Waals surface area contributed by atoms with Crippen molar-refractivity contribution in [1.82, 2.24) is 10.3 Å². The van der Waals surface area contributed by atoms with Crippen LogP contribution in [-0.2, 0) is 0 Å². The van der Waals surface area contributed by atoms with Gasteiger partial charge in [-0.15, -0.1) is 0 Å². The lowest BCUT2D eigenvalue weighted by molar-refractivity contribution is 0.0940. The molecule has 1 N–H and O–H groups in total. The van der Waals surface area contributed by atoms with Gasteiger partial charge >= 0.3 is 0 Å². The molecule has 1 unspecified atom stereocenters. The number of para-hydroxylation sites is 1. The van der Waals surface area contributed by atoms with E-state index in [2.05, 4.69) is 27.3 Å². The van der Waals surface area contributed by atoms with Crippen molar-refractivity contribution in [1.29, 1.82) is 0 Å². The van der Waals surface area contributed by atoms with Gasteiger partial charge in [0.1, 0.15) is 0 Å². The number of rotatable bonds is 3. The SMILES string of the molecule is O=C(NC1CCN(c2ccccc2)C1)c1ccncc1. The molecule has 0 aliphatic carbocycles. The van der Waals surface area contributed by atoms with Crippen LogP contribution >= 0.6 is 0 Å². The second-order valence-electron chi connectivity index (χ2n) is 4.98. The van der Waals surface area contributed by atoms with Crippen molar-refractivity contribution < 1.29 is 4.79 Å². The van der Waals surface area contributed by atoms with Gasteiger partial charge < -0.3 is 10.2 Å². The highest BCUT2D eigenvalue weighted by Crippen LogP contribution is 2.19. The first-order chi connectivity index (χ1) is 9.83. The van der Waals surface area contributed by atoms with Crippen LogP contribution in [0.3, 0.4) is 0 Å². The Hall–Kier alpha value is -2.36. The van der Waals surface area contributed by atoms with Crippen molar-refractivity contribution in [2.24, 2.45) is 0 Å². The van der Waals surface area contributed by atoms with Crippen molar-refractivity contribution >= 4 is 11.6 Å². The van der Waals surface area contributed by atoms with Gasteiger partial charge in [0.15, 0.2) is 0 Å². The van der Waals surface area contributed by atoms with Gasteiger partial charge in [-0.3, -0.25) is 9.78 Å². The molecule has 1 aliphatic heterocycles. The summed E-state index contributed by atoms with van der Waals surface area (Å²) >= 11 is 0. The Labute approximate surface area is 118 Å². The highest BCUT2D eigenvalue weighted by atomic mass is 16.1. The summed E-state index contributed by atoms with van der Waals surface area (Å²) < 4.78 is 0. The van der Waals surface area contributed by atoms with Crippen molar-refractivity contribution in [3.05, 3.63) is 60.4 Å². The molecule has 1 amide bonds. The number of benzene rings is 1. The number of carbonyl (C=O) groups excluding carboxylic acids is 1. The lowest BCUT2D eigenvalue weighted by Crippen LogP contribution is -2.37. The van der Waals surface area contributed by atoms with Crippen molar-refractivity contribution in [2.75, 3.05) is 18.0 Å². The normalized spacial score (nSPS) is 18.0. The van der Waals surface area contributed by atoms with E-state index < -0.39 is 0 Å². The Bertz CT molecular complexity index is 571. The summed E-state index contributed by atoms with van der Waals surface area (Å²) in [5.41, 5.74) is 1.88. The molecular formula is C16H17N3O. The summed E-state index contributed by atoms with van der Waals surface area (Å²) in [6.07, 6.45) is 4.26. The molecule has 102 valence electrons. The van der Waals surface area contributed by atoms with E-state index in [1.165, 1.54) is 5.69 Å². The Morgan fingerprint density at radius 3 is 2.65 bits per heavy atom. The lowest BCUT2D eigenvalue weighted by Gasteiger charge is -2.19. The van der Waals surface area contributed by atoms with Crippen LogP contribution in [0.25, 0.3) is 0 Å². The van der Waals surface area contributed by atoms with Crippen LogP contribution in [0, 0.1) is 0 Å². The van der Waals surface area contributed by atoms with Crippen molar-refractivity contribution in [2.45, 2.75) is 12.5 Å². The minimum absolute atomic E-state index is 0.0210. The number of nitrogens with one attached hydrogen (secondary N) is 1. The third-order valence-electron chi connectivity index (χ3n) is 3.59. The first kappa shape index (κ1) is 12.7. The molecule has 2 heterocycles. The fraction of sp³-hybridized carbons (Fsp3) is 0.250. The van der Waals surface area contributed by atoms with Gasteiger partial charge in [-0.1, -0.05) is 18.2 Å². The molecule has 0 bridgehead atoms. The molecule has 0 spiro atoms. The number of pyridine rings is 1. The van der Waals surface area contributed by atoms with Crippen molar-refractivity contribution in [3.63, 3.8) is 0 Å². The topological polar surface area (TPSA) is 45.2 Å². The van der Waals surface area contributed by atoms with Gasteiger partial charge in [0.2, 0.25) is 0 Å². The summed E-state index contributed by atoms with van der Waals surface area (Å²) in [4.78, 5) is 18.3. The molecule has 4 heteroatoms. The van der Waals surface area contributed by atoms with Crippen LogP contribution in [0.5, 0.6) is 0 Å². The molecule has 4 nitrogen and oxygen atoms in total. The molecule has 1 atom stereocenters. The average molecular weight is 267 g/mol. The van der Waals surface area contributed by atoms with Crippen LogP contribution in [0.2, 0.25) is 0 Å². The summed E-state index contributed by atoms with van der Waals surface area (Å²) in [6.45, 7) is 1.84. The number of anilines is 1. The maximum absolute atomic E-state index is 12.1. The van der Waals surface area contributed by atoms with E-state index in [-0.39, 0.29) is 11.9 Å². The molecule has 0 radical (unpaired) electrons. The zero-order valence-corrected chi connectivity index (χ0v) is 11.2. The maximum atomic E-state index is 12.1. The van der Waals surface area contributed by atoms with E-state index in [4.69, 9.17) is 0 Å². The van der Waals surface area contributed by atoms with E-state index in [0.717, 1.165) is 19.5 Å². The number of hydrogen-bond donors (Lipinski definition) is 1. The van der Waals surface area contributed by atoms with Gasteiger partial charge in [-0.05, 0) is 30.7 Å². The number of hydrogen-bond acceptors (Lipinski definition) is 3. The van der Waals surface area contributed by atoms with Gasteiger partial charge in [-0.25, -0.2) is 0 Å². The maximum Gasteiger partial charge on any atom is 0.251 e. The monoisotopic (exact) mass is 267 g/mol. The van der Waals surface area contributed by atoms with E-state index >= 15 is 0 Å². The largest absolute Gasteiger partial charge is 0.369 e. The standard InChI is InChI=1S/C16H17N3O/c20-16(13-6-9-17-10-7-13)18-14-8-11-19(12-14)15-4-2-1-3-5-15/h1-7,9-10,14H,8,11-12H2,(H,18,20). The zero-order chi connectivity index (χ0) is 13.8. The highest BCUT2D eigenvalue weighted by molar-refractivity contribution is 5.94. The summed E-state index contributed by atoms with van der Waals surface area (Å²) in [6, 6.07) is 14.0. The Kier molecular flexibility index (Phi) is 3.63. The second-order valence-corrected chi connectivity index (χ2v) is 4.98. The molecule has 20 heavy (non-hydrogen) atoms. The molecule has 1 aliphatic rings. The zero-order valence-electron chi connectivity index (χ0n) is 11.2. The number of carbonyl (C=O) groups is 1. The fourth-order valence-electron chi connectivity index (χ4n) is 2.52. The second kappa shape index (κ2) is 5.74. The molecule has 0 saturated carbocycles. The number of aromatic nitrogens is 1. The molecule has 1 aromatic carbocycles. The number of nitrogens with zero attached hydrogens (tertiary/aromatic N) is 2. The van der Waals surface area contributed by atoms with E-state index in [1.807, 2.05) is 18.2 Å². The quantitative estimate of drug-likeness (QED) is 0.926. The average Bonchev–Trinajstić information content (AvgIpc) is 2.97. The number of amides is 1. The Morgan fingerprint density at radius 2 is 1.90 bits per heavy atom. The van der Waals surface area contributed by atoms with Gasteiger partial charge in [-0.2, -0.15) is 0 Å². The highest BCUT2D eigenvalue weighted by Gasteiger charge is 2.24. The Balaban J connectivity index is 1.60. The van der Waals surface area contributed by atoms with Crippen molar-refractivity contribution in [3.8, 4) is 0 Å². The predicted molar refractivity (Wildman–Crippen MR) is 78.8 cm³/mol. The van der Waals surface area contributed by atoms with E-state index in [1.54, 1.807) is 24.5 Å². The molecular weight excluding hydrogens is 250 g/mol. The van der Waals surface area contributed by atoms with E-state index in [9.17, 15) is 4.79 Å². The molecule has 1 fully saturated rings. The Morgan fingerprint density at radius 1 is 1.15 bits per heavy atom. The smallest absolute Gasteiger partial charge is 0.251 e. The van der Waals surface area contributed by atoms with E-state index in [0.29, 0.717) is 5.56 Å². The van der Waals surface area contributed by atoms with Gasteiger partial charge in [0.25, 0.3) is 5.91 Å². The third-order valence-corrected chi connectivity index (χ3v) is 3.59. The first-order valence-electron chi connectivity index (χ1n) is 6.84. The molecule has 1 aromatic heterocycles. The summed E-state index contributed by atoms with van der Waals surface area (Å²) in [5.74, 6) is -0.0210. The molecule has 2 aromatic rings. The van der Waals surface area contributed by atoms with Crippen LogP contribution < -0.4 is 10.2 Å². The minimum atomic E-state index is -0.0210. The van der Waals surface area contributed by atoms with Crippen LogP contribution in [0.4, 0.5) is 5.69 Å². The third kappa shape index (κ3) is 2.79. The molecule has 1 saturated heterocycles. The fourth-order valence-corrected chi connectivity index (χ4v) is 2.52. The first-order valence-corrected chi connectivity index (χ1v) is 6.84. The predicted octanol–water partition coefficient (Wildman–Crippen LogP) is 2.09. The van der Waals surface area contributed by atoms with Crippen LogP contribution in [0.1, 0.15) is 16.8 Å². The lowest BCUT2D eigenvalue weighted by atomic mass is 10.2. The molecule has 3 rings (SSSR count). The van der Waals surface area contributed by atoms with Gasteiger partial charge in [0, 0.05) is 42.8 Å². The summed E-state index contributed by atoms with van der Waals surface area (Å²) in [7, 11) is 0. The van der Waals surface area contributed by atoms with Crippen LogP contribution in [-0.4, -0.2) is 30.0 Å². The van der Waals surface area contributed by atoms with Gasteiger partial charge in [0.05, 0.1) is 0 Å². The van der Waals surface area contributed by atoms with Crippen LogP contribution in [0.15, 0.2) is 54.9 Å².